The first-order valence-corrected chi connectivity index (χ1v) is 15.9. The number of rotatable bonds is 10. The highest BCUT2D eigenvalue weighted by Gasteiger charge is 2.28. The number of anilines is 1. The topological polar surface area (TPSA) is 53.3 Å². The molecule has 0 aliphatic carbocycles. The Morgan fingerprint density at radius 3 is 2.23 bits per heavy atom. The Morgan fingerprint density at radius 1 is 0.791 bits per heavy atom. The lowest BCUT2D eigenvalue weighted by Gasteiger charge is -2.35. The average Bonchev–Trinajstić information content (AvgIpc) is 3.40. The predicted octanol–water partition coefficient (Wildman–Crippen LogP) is 6.40. The van der Waals surface area contributed by atoms with Crippen LogP contribution >= 0.6 is 0 Å². The monoisotopic (exact) mass is 582 g/mol. The van der Waals surface area contributed by atoms with Gasteiger partial charge in [0.05, 0.1) is 20.3 Å². The van der Waals surface area contributed by atoms with Crippen molar-refractivity contribution in [3.05, 3.63) is 84.1 Å². The largest absolute Gasteiger partial charge is 0.494 e. The van der Waals surface area contributed by atoms with Crippen molar-refractivity contribution in [1.82, 2.24) is 14.4 Å². The third-order valence-electron chi connectivity index (χ3n) is 9.64. The number of likely N-dealkylation sites (N-methyl/N-ethyl adjacent to an activating group) is 1. The second-order valence-electron chi connectivity index (χ2n) is 12.1. The lowest BCUT2D eigenvalue weighted by atomic mass is 9.87. The van der Waals surface area contributed by atoms with Crippen LogP contribution in [0.15, 0.2) is 72.9 Å². The van der Waals surface area contributed by atoms with Crippen molar-refractivity contribution >= 4 is 16.5 Å². The summed E-state index contributed by atoms with van der Waals surface area (Å²) in [5, 5.41) is 13.8. The molecular formula is C36H46N4O3. The third-order valence-corrected chi connectivity index (χ3v) is 9.64. The second kappa shape index (κ2) is 13.3. The van der Waals surface area contributed by atoms with Gasteiger partial charge in [-0.3, -0.25) is 4.90 Å². The van der Waals surface area contributed by atoms with Gasteiger partial charge < -0.3 is 28.9 Å². The van der Waals surface area contributed by atoms with Crippen molar-refractivity contribution in [1.29, 1.82) is 0 Å². The molecule has 2 aliphatic rings. The van der Waals surface area contributed by atoms with E-state index in [0.29, 0.717) is 17.5 Å². The highest BCUT2D eigenvalue weighted by molar-refractivity contribution is 5.98. The molecule has 6 rings (SSSR count). The van der Waals surface area contributed by atoms with E-state index < -0.39 is 0 Å². The smallest absolute Gasteiger partial charge is 0.199 e. The number of piperazine rings is 1. The molecule has 1 unspecified atom stereocenters. The number of fused-ring (bicyclic) bond motifs is 1. The first kappa shape index (κ1) is 29.4. The Morgan fingerprint density at radius 2 is 1.53 bits per heavy atom. The fourth-order valence-electron chi connectivity index (χ4n) is 7.05. The Balaban J connectivity index is 1.29. The molecule has 1 atom stereocenters. The van der Waals surface area contributed by atoms with E-state index in [1.54, 1.807) is 14.2 Å². The highest BCUT2D eigenvalue weighted by Crippen LogP contribution is 2.42. The summed E-state index contributed by atoms with van der Waals surface area (Å²) >= 11 is 0. The maximum absolute atomic E-state index is 11.8. The lowest BCUT2D eigenvalue weighted by molar-refractivity contribution is 0.164. The molecule has 7 heteroatoms. The summed E-state index contributed by atoms with van der Waals surface area (Å²) in [6, 6.07) is 23.3. The molecular weight excluding hydrogens is 536 g/mol. The number of piperidine rings is 1. The molecule has 0 spiro atoms. The van der Waals surface area contributed by atoms with Gasteiger partial charge in [0.1, 0.15) is 0 Å². The van der Waals surface area contributed by atoms with Crippen LogP contribution in [0.25, 0.3) is 10.8 Å². The number of likely N-dealkylation sites (tertiary alicyclic amines) is 1. The van der Waals surface area contributed by atoms with Crippen molar-refractivity contribution in [2.24, 2.45) is 5.92 Å². The first-order chi connectivity index (χ1) is 21.1. The molecule has 1 aromatic heterocycles. The number of nitrogens with zero attached hydrogens (tertiary/aromatic N) is 4. The van der Waals surface area contributed by atoms with Gasteiger partial charge >= 0.3 is 0 Å². The van der Waals surface area contributed by atoms with E-state index in [9.17, 15) is 5.11 Å². The average molecular weight is 583 g/mol. The van der Waals surface area contributed by atoms with Crippen molar-refractivity contribution in [3.8, 4) is 17.4 Å². The summed E-state index contributed by atoms with van der Waals surface area (Å²) in [5.41, 5.74) is 3.71. The van der Waals surface area contributed by atoms with Crippen LogP contribution < -0.4 is 14.4 Å². The Labute approximate surface area is 256 Å². The molecule has 7 nitrogen and oxygen atoms in total. The SMILES string of the molecule is CCN1CCN(c2cccc3c(O)n(C(CC4CCN(Cc5ccccc5)CC4)c4ccc(OC)c(OC)c4)cc23)CC1. The van der Waals surface area contributed by atoms with Gasteiger partial charge in [0.15, 0.2) is 17.4 Å². The quantitative estimate of drug-likeness (QED) is 0.234. The zero-order valence-corrected chi connectivity index (χ0v) is 25.9. The molecule has 0 amide bonds. The summed E-state index contributed by atoms with van der Waals surface area (Å²) < 4.78 is 13.4. The number of hydrogen-bond acceptors (Lipinski definition) is 6. The van der Waals surface area contributed by atoms with Crippen LogP contribution in [-0.2, 0) is 6.54 Å². The second-order valence-corrected chi connectivity index (χ2v) is 12.1. The van der Waals surface area contributed by atoms with Crippen LogP contribution in [0.5, 0.6) is 17.4 Å². The highest BCUT2D eigenvalue weighted by atomic mass is 16.5. The van der Waals surface area contributed by atoms with Gasteiger partial charge in [-0.2, -0.15) is 0 Å². The number of aromatic hydroxyl groups is 1. The molecule has 43 heavy (non-hydrogen) atoms. The summed E-state index contributed by atoms with van der Waals surface area (Å²) in [7, 11) is 3.36. The fraction of sp³-hybridized carbons (Fsp3) is 0.444. The standard InChI is InChI=1S/C36H46N4O3/c1-4-37-19-21-39(22-20-37)32-12-8-11-30-31(32)26-40(36(30)41)33(29-13-14-34(42-2)35(24-29)43-3)23-27-15-17-38(18-16-27)25-28-9-6-5-7-10-28/h5-14,24,26-27,33,41H,4,15-23,25H2,1-3H3. The van der Waals surface area contributed by atoms with E-state index in [2.05, 4.69) is 93.1 Å². The van der Waals surface area contributed by atoms with Gasteiger partial charge in [-0.1, -0.05) is 49.4 Å². The molecule has 2 fully saturated rings. The minimum absolute atomic E-state index is 0.0253. The van der Waals surface area contributed by atoms with Crippen LogP contribution in [-0.4, -0.2) is 79.5 Å². The minimum atomic E-state index is -0.0253. The zero-order chi connectivity index (χ0) is 29.8. The third kappa shape index (κ3) is 6.34. The summed E-state index contributed by atoms with van der Waals surface area (Å²) in [4.78, 5) is 7.55. The number of ether oxygens (including phenoxy) is 2. The Hall–Kier alpha value is -3.68. The van der Waals surface area contributed by atoms with Gasteiger partial charge in [0, 0.05) is 55.4 Å². The Kier molecular flexibility index (Phi) is 9.10. The molecule has 228 valence electrons. The maximum Gasteiger partial charge on any atom is 0.199 e. The van der Waals surface area contributed by atoms with Gasteiger partial charge in [-0.15, -0.1) is 0 Å². The van der Waals surface area contributed by atoms with E-state index in [4.69, 9.17) is 9.47 Å². The predicted molar refractivity (Wildman–Crippen MR) is 175 cm³/mol. The minimum Gasteiger partial charge on any atom is -0.494 e. The van der Waals surface area contributed by atoms with Gasteiger partial charge in [0.2, 0.25) is 0 Å². The van der Waals surface area contributed by atoms with Gasteiger partial charge in [-0.05, 0) is 80.2 Å². The number of hydrogen-bond donors (Lipinski definition) is 1. The van der Waals surface area contributed by atoms with Crippen molar-refractivity contribution in [2.45, 2.75) is 38.8 Å². The molecule has 0 radical (unpaired) electrons. The Bertz CT molecular complexity index is 1490. The van der Waals surface area contributed by atoms with E-state index in [0.717, 1.165) is 93.7 Å². The van der Waals surface area contributed by atoms with Crippen LogP contribution in [0.4, 0.5) is 5.69 Å². The van der Waals surface area contributed by atoms with Gasteiger partial charge in [0.25, 0.3) is 0 Å². The summed E-state index contributed by atoms with van der Waals surface area (Å²) in [6.45, 7) is 10.6. The van der Waals surface area contributed by atoms with Gasteiger partial charge in [-0.25, -0.2) is 0 Å². The van der Waals surface area contributed by atoms with Crippen LogP contribution in [0.1, 0.15) is 43.4 Å². The van der Waals surface area contributed by atoms with Crippen LogP contribution in [0.2, 0.25) is 0 Å². The molecule has 0 saturated carbocycles. The molecule has 2 saturated heterocycles. The van der Waals surface area contributed by atoms with E-state index in [-0.39, 0.29) is 6.04 Å². The molecule has 3 heterocycles. The van der Waals surface area contributed by atoms with Crippen LogP contribution in [0.3, 0.4) is 0 Å². The normalized spacial score (nSPS) is 17.8. The van der Waals surface area contributed by atoms with Crippen molar-refractivity contribution in [3.63, 3.8) is 0 Å². The number of benzene rings is 3. The number of methoxy groups -OCH3 is 2. The molecule has 1 N–H and O–H groups in total. The van der Waals surface area contributed by atoms with E-state index in [1.807, 2.05) is 6.07 Å². The van der Waals surface area contributed by atoms with E-state index >= 15 is 0 Å². The van der Waals surface area contributed by atoms with E-state index in [1.165, 1.54) is 11.3 Å². The summed E-state index contributed by atoms with van der Waals surface area (Å²) in [5.74, 6) is 2.32. The number of aromatic nitrogens is 1. The van der Waals surface area contributed by atoms with Crippen molar-refractivity contribution in [2.75, 3.05) is 64.9 Å². The lowest BCUT2D eigenvalue weighted by Crippen LogP contribution is -2.46. The summed E-state index contributed by atoms with van der Waals surface area (Å²) in [6.07, 6.45) is 5.43. The van der Waals surface area contributed by atoms with Crippen LogP contribution in [0, 0.1) is 5.92 Å². The molecule has 2 aliphatic heterocycles. The first-order valence-electron chi connectivity index (χ1n) is 15.9. The molecule has 4 aromatic rings. The molecule has 0 bridgehead atoms. The maximum atomic E-state index is 11.8. The molecule has 3 aromatic carbocycles. The zero-order valence-electron chi connectivity index (χ0n) is 25.9. The fourth-order valence-corrected chi connectivity index (χ4v) is 7.05. The van der Waals surface area contributed by atoms with Crippen molar-refractivity contribution < 1.29 is 14.6 Å².